The van der Waals surface area contributed by atoms with Crippen molar-refractivity contribution < 1.29 is 8.76 Å². The van der Waals surface area contributed by atoms with Gasteiger partial charge in [-0.05, 0) is 13.0 Å². The molecular weight excluding hydrogens is 252 g/mol. The van der Waals surface area contributed by atoms with Crippen molar-refractivity contribution in [2.75, 3.05) is 5.73 Å². The van der Waals surface area contributed by atoms with E-state index in [4.69, 9.17) is 10.3 Å². The van der Waals surface area contributed by atoms with Crippen LogP contribution in [0, 0.1) is 6.92 Å². The lowest BCUT2D eigenvalue weighted by Gasteiger charge is -1.90. The van der Waals surface area contributed by atoms with Crippen LogP contribution in [-0.4, -0.2) is 13.7 Å². The number of nitrogens with two attached hydrogens (primary N) is 1. The maximum absolute atomic E-state index is 10.8. The second-order valence-electron chi connectivity index (χ2n) is 2.87. The normalized spacial score (nSPS) is 12.9. The number of anilines is 1. The molecule has 0 aliphatic heterocycles. The van der Waals surface area contributed by atoms with Gasteiger partial charge in [0.05, 0.1) is 10.6 Å². The van der Waals surface area contributed by atoms with Gasteiger partial charge < -0.3 is 10.3 Å². The highest BCUT2D eigenvalue weighted by Gasteiger charge is 2.11. The lowest BCUT2D eigenvalue weighted by Crippen LogP contribution is -1.81. The van der Waals surface area contributed by atoms with E-state index < -0.39 is 11.1 Å². The molecule has 3 N–H and O–H groups in total. The molecule has 80 valence electrons. The van der Waals surface area contributed by atoms with E-state index in [9.17, 15) is 4.21 Å². The number of thiophene rings is 1. The minimum Gasteiger partial charge on any atom is -0.375 e. The molecule has 0 aliphatic rings. The van der Waals surface area contributed by atoms with Gasteiger partial charge in [-0.15, -0.1) is 11.3 Å². The van der Waals surface area contributed by atoms with Gasteiger partial charge in [0.15, 0.2) is 16.2 Å². The molecule has 2 heterocycles. The molecule has 1 atom stereocenters. The highest BCUT2D eigenvalue weighted by molar-refractivity contribution is 7.81. The van der Waals surface area contributed by atoms with Gasteiger partial charge in [-0.25, -0.2) is 9.19 Å². The average Bonchev–Trinajstić information content (AvgIpc) is 2.71. The highest BCUT2D eigenvalue weighted by Crippen LogP contribution is 2.34. The fourth-order valence-electron chi connectivity index (χ4n) is 1.21. The fraction of sp³-hybridized carbons (Fsp3) is 0.125. The van der Waals surface area contributed by atoms with Crippen molar-refractivity contribution in [2.45, 2.75) is 11.1 Å². The smallest absolute Gasteiger partial charge is 0.196 e. The molecule has 0 saturated heterocycles. The molecule has 2 aromatic rings. The van der Waals surface area contributed by atoms with Crippen LogP contribution in [0.25, 0.3) is 10.4 Å². The van der Waals surface area contributed by atoms with E-state index in [1.54, 1.807) is 6.07 Å². The summed E-state index contributed by atoms with van der Waals surface area (Å²) in [4.78, 5) is 5.06. The molecule has 0 amide bonds. The van der Waals surface area contributed by atoms with E-state index in [0.717, 1.165) is 16.1 Å². The molecule has 0 fully saturated rings. The zero-order chi connectivity index (χ0) is 11.0. The molecule has 0 bridgehead atoms. The van der Waals surface area contributed by atoms with Crippen LogP contribution in [0.3, 0.4) is 0 Å². The van der Waals surface area contributed by atoms with Crippen molar-refractivity contribution in [1.82, 2.24) is 4.98 Å². The Morgan fingerprint density at radius 3 is 2.80 bits per heavy atom. The standard InChI is InChI=1S/C8H8N2O2S3/c1-4-7(14-8(9)10-4)5-2-6(13-3-5)15(11)12/h2-3H,1H3,(H2,9,10)(H,11,12). The van der Waals surface area contributed by atoms with E-state index in [1.165, 1.54) is 22.7 Å². The Morgan fingerprint density at radius 2 is 2.33 bits per heavy atom. The Labute approximate surface area is 97.1 Å². The summed E-state index contributed by atoms with van der Waals surface area (Å²) in [5, 5.41) is 2.35. The van der Waals surface area contributed by atoms with Gasteiger partial charge in [-0.2, -0.15) is 0 Å². The minimum absolute atomic E-state index is 0.441. The number of aromatic nitrogens is 1. The number of nitrogens with zero attached hydrogens (tertiary/aromatic N) is 1. The molecule has 0 spiro atoms. The van der Waals surface area contributed by atoms with Crippen molar-refractivity contribution in [1.29, 1.82) is 0 Å². The molecular formula is C8H8N2O2S3. The van der Waals surface area contributed by atoms with Crippen LogP contribution >= 0.6 is 22.7 Å². The van der Waals surface area contributed by atoms with Crippen LogP contribution in [0.4, 0.5) is 5.13 Å². The van der Waals surface area contributed by atoms with Crippen molar-refractivity contribution in [3.05, 3.63) is 17.1 Å². The van der Waals surface area contributed by atoms with Gasteiger partial charge in [-0.3, -0.25) is 0 Å². The fourth-order valence-corrected chi connectivity index (χ4v) is 3.43. The molecule has 0 aromatic carbocycles. The van der Waals surface area contributed by atoms with Gasteiger partial charge >= 0.3 is 0 Å². The maximum atomic E-state index is 10.8. The SMILES string of the molecule is Cc1nc(N)sc1-c1csc(S(=O)O)c1. The number of hydrogen-bond donors (Lipinski definition) is 2. The topological polar surface area (TPSA) is 76.2 Å². The second kappa shape index (κ2) is 4.01. The Hall–Kier alpha value is -0.760. The van der Waals surface area contributed by atoms with Crippen LogP contribution in [0.15, 0.2) is 15.7 Å². The lowest BCUT2D eigenvalue weighted by molar-refractivity contribution is 0.566. The number of aryl methyl sites for hydroxylation is 1. The molecule has 0 aliphatic carbocycles. The second-order valence-corrected chi connectivity index (χ2v) is 6.01. The Bertz CT molecular complexity index is 518. The zero-order valence-corrected chi connectivity index (χ0v) is 10.2. The molecule has 0 saturated carbocycles. The van der Waals surface area contributed by atoms with Gasteiger partial charge in [0.1, 0.15) is 4.21 Å². The van der Waals surface area contributed by atoms with Gasteiger partial charge in [0.2, 0.25) is 0 Å². The van der Waals surface area contributed by atoms with E-state index in [-0.39, 0.29) is 0 Å². The summed E-state index contributed by atoms with van der Waals surface area (Å²) in [6.45, 7) is 1.87. The van der Waals surface area contributed by atoms with Crippen molar-refractivity contribution in [3.8, 4) is 10.4 Å². The number of rotatable bonds is 2. The number of nitrogen functional groups attached to an aromatic ring is 1. The van der Waals surface area contributed by atoms with Crippen molar-refractivity contribution in [3.63, 3.8) is 0 Å². The quantitative estimate of drug-likeness (QED) is 0.813. The predicted octanol–water partition coefficient (Wildman–Crippen LogP) is 2.34. The first-order valence-corrected chi connectivity index (χ1v) is 6.81. The van der Waals surface area contributed by atoms with E-state index in [1.807, 2.05) is 12.3 Å². The third kappa shape index (κ3) is 2.10. The predicted molar refractivity (Wildman–Crippen MR) is 63.6 cm³/mol. The van der Waals surface area contributed by atoms with Crippen LogP contribution in [-0.2, 0) is 11.1 Å². The molecule has 2 aromatic heterocycles. The van der Waals surface area contributed by atoms with E-state index >= 15 is 0 Å². The molecule has 4 nitrogen and oxygen atoms in total. The summed E-state index contributed by atoms with van der Waals surface area (Å²) in [5.41, 5.74) is 7.34. The largest absolute Gasteiger partial charge is 0.375 e. The Morgan fingerprint density at radius 1 is 1.60 bits per heavy atom. The molecule has 2 rings (SSSR count). The molecule has 15 heavy (non-hydrogen) atoms. The van der Waals surface area contributed by atoms with Gasteiger partial charge in [-0.1, -0.05) is 11.3 Å². The van der Waals surface area contributed by atoms with Crippen LogP contribution in [0.1, 0.15) is 5.69 Å². The lowest BCUT2D eigenvalue weighted by atomic mass is 10.2. The number of thiazole rings is 1. The van der Waals surface area contributed by atoms with Crippen molar-refractivity contribution >= 4 is 38.9 Å². The van der Waals surface area contributed by atoms with Crippen molar-refractivity contribution in [2.24, 2.45) is 0 Å². The van der Waals surface area contributed by atoms with E-state index in [0.29, 0.717) is 9.34 Å². The average molecular weight is 260 g/mol. The minimum atomic E-state index is -1.91. The summed E-state index contributed by atoms with van der Waals surface area (Å²) < 4.78 is 20.2. The maximum Gasteiger partial charge on any atom is 0.196 e. The summed E-state index contributed by atoms with van der Waals surface area (Å²) in [6, 6.07) is 1.70. The summed E-state index contributed by atoms with van der Waals surface area (Å²) >= 11 is 0.733. The Balaban J connectivity index is 2.45. The Kier molecular flexibility index (Phi) is 2.87. The first-order valence-electron chi connectivity index (χ1n) is 4.00. The molecule has 7 heteroatoms. The summed E-state index contributed by atoms with van der Waals surface area (Å²) in [5.74, 6) is 0. The highest BCUT2D eigenvalue weighted by atomic mass is 32.2. The summed E-state index contributed by atoms with van der Waals surface area (Å²) in [7, 11) is 0. The number of hydrogen-bond acceptors (Lipinski definition) is 5. The molecule has 1 unspecified atom stereocenters. The van der Waals surface area contributed by atoms with E-state index in [2.05, 4.69) is 4.98 Å². The third-order valence-electron chi connectivity index (χ3n) is 1.82. The van der Waals surface area contributed by atoms with Crippen LogP contribution in [0.5, 0.6) is 0 Å². The first kappa shape index (κ1) is 10.7. The summed E-state index contributed by atoms with van der Waals surface area (Å²) in [6.07, 6.45) is 0. The molecule has 0 radical (unpaired) electrons. The first-order chi connectivity index (χ1) is 7.08. The van der Waals surface area contributed by atoms with Gasteiger partial charge in [0.25, 0.3) is 0 Å². The van der Waals surface area contributed by atoms with Crippen LogP contribution in [0.2, 0.25) is 0 Å². The van der Waals surface area contributed by atoms with Gasteiger partial charge in [0, 0.05) is 10.9 Å². The zero-order valence-electron chi connectivity index (χ0n) is 7.76. The monoisotopic (exact) mass is 260 g/mol. The van der Waals surface area contributed by atoms with Crippen LogP contribution < -0.4 is 5.73 Å². The third-order valence-corrected chi connectivity index (χ3v) is 4.76.